The Morgan fingerprint density at radius 1 is 1.71 bits per heavy atom. The number of hydrogen-bond acceptors (Lipinski definition) is 4. The van der Waals surface area contributed by atoms with Crippen molar-refractivity contribution in [3.8, 4) is 6.07 Å². The van der Waals surface area contributed by atoms with E-state index in [-0.39, 0.29) is 12.4 Å². The second-order valence-corrected chi connectivity index (χ2v) is 2.87. The average molecular weight is 197 g/mol. The summed E-state index contributed by atoms with van der Waals surface area (Å²) in [7, 11) is 1.32. The fourth-order valence-corrected chi connectivity index (χ4v) is 0.926. The lowest BCUT2D eigenvalue weighted by Crippen LogP contribution is -2.04. The third-order valence-corrected chi connectivity index (χ3v) is 1.69. The van der Waals surface area contributed by atoms with Crippen LogP contribution in [0.25, 0.3) is 0 Å². The van der Waals surface area contributed by atoms with E-state index in [0.717, 1.165) is 6.42 Å². The third-order valence-electron chi connectivity index (χ3n) is 1.69. The topological polar surface area (TPSA) is 70.3 Å². The van der Waals surface area contributed by atoms with Gasteiger partial charge >= 0.3 is 5.97 Å². The summed E-state index contributed by atoms with van der Waals surface area (Å²) in [6.07, 6.45) is 4.72. The fourth-order valence-electron chi connectivity index (χ4n) is 0.926. The number of allylic oxidation sites excluding steroid dienone is 1. The Bertz CT molecular complexity index is 230. The first-order valence-corrected chi connectivity index (χ1v) is 4.50. The summed E-state index contributed by atoms with van der Waals surface area (Å²) >= 11 is 0. The van der Waals surface area contributed by atoms with Crippen molar-refractivity contribution in [1.82, 2.24) is 0 Å². The highest BCUT2D eigenvalue weighted by Crippen LogP contribution is 2.04. The first kappa shape index (κ1) is 12.7. The van der Waals surface area contributed by atoms with E-state index in [1.54, 1.807) is 6.08 Å². The van der Waals surface area contributed by atoms with Gasteiger partial charge in [0.05, 0.1) is 25.7 Å². The monoisotopic (exact) mass is 197 g/mol. The number of aliphatic hydroxyl groups is 1. The van der Waals surface area contributed by atoms with Gasteiger partial charge in [-0.3, -0.25) is 0 Å². The summed E-state index contributed by atoms with van der Waals surface area (Å²) in [5, 5.41) is 17.4. The molecule has 14 heavy (non-hydrogen) atoms. The minimum atomic E-state index is -0.550. The molecule has 0 aliphatic heterocycles. The van der Waals surface area contributed by atoms with Crippen LogP contribution in [0.2, 0.25) is 0 Å². The highest BCUT2D eigenvalue weighted by Gasteiger charge is 2.01. The smallest absolute Gasteiger partial charge is 0.330 e. The number of nitrogens with zero attached hydrogens (tertiary/aromatic N) is 1. The van der Waals surface area contributed by atoms with E-state index in [0.29, 0.717) is 12.8 Å². The number of methoxy groups -OCH3 is 1. The molecule has 0 unspecified atom stereocenters. The second-order valence-electron chi connectivity index (χ2n) is 2.87. The van der Waals surface area contributed by atoms with Crippen LogP contribution in [0, 0.1) is 11.3 Å². The predicted molar refractivity (Wildman–Crippen MR) is 51.2 cm³/mol. The summed E-state index contributed by atoms with van der Waals surface area (Å²) in [5.41, 5.74) is 0. The number of nitriles is 1. The fraction of sp³-hybridized carbons (Fsp3) is 0.600. The number of hydrogen-bond donors (Lipinski definition) is 1. The molecule has 0 saturated heterocycles. The molecular weight excluding hydrogens is 182 g/mol. The number of carbonyl (C=O) groups is 1. The largest absolute Gasteiger partial charge is 0.466 e. The molecule has 0 heterocycles. The molecule has 0 amide bonds. The van der Waals surface area contributed by atoms with Crippen LogP contribution >= 0.6 is 0 Å². The Balaban J connectivity index is 3.42. The number of carbonyl (C=O) groups excluding carboxylic acids is 1. The second kappa shape index (κ2) is 8.27. The van der Waals surface area contributed by atoms with Gasteiger partial charge in [-0.05, 0) is 19.3 Å². The van der Waals surface area contributed by atoms with Crippen LogP contribution in [0.1, 0.15) is 25.7 Å². The molecule has 0 aliphatic rings. The molecule has 1 N–H and O–H groups in total. The van der Waals surface area contributed by atoms with Crippen molar-refractivity contribution in [2.75, 3.05) is 7.11 Å². The lowest BCUT2D eigenvalue weighted by molar-refractivity contribution is -0.134. The zero-order valence-corrected chi connectivity index (χ0v) is 8.27. The third kappa shape index (κ3) is 7.32. The van der Waals surface area contributed by atoms with E-state index >= 15 is 0 Å². The van der Waals surface area contributed by atoms with Gasteiger partial charge in [0.2, 0.25) is 0 Å². The first-order valence-electron chi connectivity index (χ1n) is 4.50. The molecule has 0 radical (unpaired) electrons. The van der Waals surface area contributed by atoms with Crippen molar-refractivity contribution in [3.63, 3.8) is 0 Å². The molecule has 0 bridgehead atoms. The maximum Gasteiger partial charge on any atom is 0.330 e. The Hall–Kier alpha value is -1.34. The summed E-state index contributed by atoms with van der Waals surface area (Å²) in [6.45, 7) is 0. The van der Waals surface area contributed by atoms with Crippen molar-refractivity contribution in [1.29, 1.82) is 5.26 Å². The van der Waals surface area contributed by atoms with Gasteiger partial charge in [0, 0.05) is 6.08 Å². The molecule has 0 fully saturated rings. The van der Waals surface area contributed by atoms with Gasteiger partial charge in [-0.15, -0.1) is 0 Å². The standard InChI is InChI=1S/C10H15NO3/c1-14-10(13)6-4-2-3-5-9(12)7-8-11/h4,6,9,12H,2-3,5,7H2,1H3/b6-4+/t9-/m1/s1. The molecule has 0 aliphatic carbocycles. The normalized spacial score (nSPS) is 12.4. The SMILES string of the molecule is COC(=O)/C=C/CCC[C@@H](O)CC#N. The van der Waals surface area contributed by atoms with Crippen LogP contribution < -0.4 is 0 Å². The maximum absolute atomic E-state index is 10.6. The number of unbranched alkanes of at least 4 members (excludes halogenated alkanes) is 1. The summed E-state index contributed by atoms with van der Waals surface area (Å²) in [5.74, 6) is -0.373. The Morgan fingerprint density at radius 2 is 2.43 bits per heavy atom. The average Bonchev–Trinajstić information content (AvgIpc) is 2.17. The van der Waals surface area contributed by atoms with Gasteiger partial charge in [-0.2, -0.15) is 5.26 Å². The Kier molecular flexibility index (Phi) is 7.48. The summed E-state index contributed by atoms with van der Waals surface area (Å²) in [4.78, 5) is 10.6. The van der Waals surface area contributed by atoms with Gasteiger partial charge in [0.15, 0.2) is 0 Å². The minimum absolute atomic E-state index is 0.167. The highest BCUT2D eigenvalue weighted by atomic mass is 16.5. The molecule has 1 atom stereocenters. The van der Waals surface area contributed by atoms with E-state index in [4.69, 9.17) is 10.4 Å². The molecule has 78 valence electrons. The quantitative estimate of drug-likeness (QED) is 0.394. The van der Waals surface area contributed by atoms with E-state index in [9.17, 15) is 4.79 Å². The van der Waals surface area contributed by atoms with Crippen molar-refractivity contribution >= 4 is 5.97 Å². The van der Waals surface area contributed by atoms with Gasteiger partial charge in [-0.25, -0.2) is 4.79 Å². The van der Waals surface area contributed by atoms with E-state index in [1.165, 1.54) is 13.2 Å². The molecule has 0 rings (SSSR count). The lowest BCUT2D eigenvalue weighted by Gasteiger charge is -2.03. The molecule has 0 aromatic carbocycles. The van der Waals surface area contributed by atoms with E-state index in [1.807, 2.05) is 6.07 Å². The highest BCUT2D eigenvalue weighted by molar-refractivity contribution is 5.81. The van der Waals surface area contributed by atoms with E-state index in [2.05, 4.69) is 4.74 Å². The predicted octanol–water partition coefficient (Wildman–Crippen LogP) is 1.16. The van der Waals surface area contributed by atoms with Crippen molar-refractivity contribution in [2.45, 2.75) is 31.8 Å². The van der Waals surface area contributed by atoms with Crippen LogP contribution in [0.3, 0.4) is 0 Å². The number of rotatable bonds is 6. The zero-order valence-electron chi connectivity index (χ0n) is 8.27. The van der Waals surface area contributed by atoms with Crippen LogP contribution in [-0.4, -0.2) is 24.3 Å². The first-order chi connectivity index (χ1) is 6.70. The molecule has 0 saturated carbocycles. The molecule has 0 aromatic rings. The molecule has 0 aromatic heterocycles. The van der Waals surface area contributed by atoms with Crippen LogP contribution in [-0.2, 0) is 9.53 Å². The van der Waals surface area contributed by atoms with Gasteiger partial charge < -0.3 is 9.84 Å². The van der Waals surface area contributed by atoms with E-state index < -0.39 is 6.10 Å². The van der Waals surface area contributed by atoms with Crippen LogP contribution in [0.5, 0.6) is 0 Å². The van der Waals surface area contributed by atoms with Crippen molar-refractivity contribution < 1.29 is 14.6 Å². The van der Waals surface area contributed by atoms with Gasteiger partial charge in [0.25, 0.3) is 0 Å². The van der Waals surface area contributed by atoms with Crippen molar-refractivity contribution in [2.24, 2.45) is 0 Å². The molecular formula is C10H15NO3. The molecule has 4 heteroatoms. The summed E-state index contributed by atoms with van der Waals surface area (Å²) < 4.78 is 4.40. The van der Waals surface area contributed by atoms with Gasteiger partial charge in [0.1, 0.15) is 0 Å². The van der Waals surface area contributed by atoms with Crippen molar-refractivity contribution in [3.05, 3.63) is 12.2 Å². The Labute approximate surface area is 83.8 Å². The Morgan fingerprint density at radius 3 is 3.00 bits per heavy atom. The maximum atomic E-state index is 10.6. The van der Waals surface area contributed by atoms with Crippen LogP contribution in [0.4, 0.5) is 0 Å². The number of esters is 1. The summed E-state index contributed by atoms with van der Waals surface area (Å²) in [6, 6.07) is 1.89. The zero-order chi connectivity index (χ0) is 10.8. The number of ether oxygens (including phenoxy) is 1. The lowest BCUT2D eigenvalue weighted by atomic mass is 10.1. The molecule has 0 spiro atoms. The minimum Gasteiger partial charge on any atom is -0.466 e. The molecule has 4 nitrogen and oxygen atoms in total. The van der Waals surface area contributed by atoms with Crippen LogP contribution in [0.15, 0.2) is 12.2 Å². The van der Waals surface area contributed by atoms with Gasteiger partial charge in [-0.1, -0.05) is 6.08 Å². The number of aliphatic hydroxyl groups excluding tert-OH is 1.